The zero-order chi connectivity index (χ0) is 19.7. The molecule has 1 atom stereocenters. The molecule has 1 aromatic heterocycles. The summed E-state index contributed by atoms with van der Waals surface area (Å²) in [6, 6.07) is 14.8. The van der Waals surface area contributed by atoms with Crippen LogP contribution < -0.4 is 10.9 Å². The van der Waals surface area contributed by atoms with E-state index in [9.17, 15) is 9.59 Å². The quantitative estimate of drug-likeness (QED) is 0.482. The highest BCUT2D eigenvalue weighted by Gasteiger charge is 2.28. The van der Waals surface area contributed by atoms with Crippen LogP contribution in [0.2, 0.25) is 5.02 Å². The van der Waals surface area contributed by atoms with Crippen LogP contribution in [0.1, 0.15) is 37.4 Å². The molecule has 144 valence electrons. The Labute approximate surface area is 172 Å². The number of nitrogens with zero attached hydrogens (tertiary/aromatic N) is 2. The number of para-hydroxylation sites is 1. The van der Waals surface area contributed by atoms with E-state index in [-0.39, 0.29) is 29.3 Å². The Hall–Kier alpha value is -2.31. The lowest BCUT2D eigenvalue weighted by molar-refractivity contribution is -0.119. The first-order valence-electron chi connectivity index (χ1n) is 9.22. The fourth-order valence-corrected chi connectivity index (χ4v) is 4.13. The van der Waals surface area contributed by atoms with Crippen molar-refractivity contribution in [1.29, 1.82) is 0 Å². The van der Waals surface area contributed by atoms with Crippen molar-refractivity contribution in [3.63, 3.8) is 0 Å². The SMILES string of the molecule is CC(NC(=O)CSc1nc2ccccc2c(=O)n1C1CC1)c1ccc(Cl)cc1. The van der Waals surface area contributed by atoms with Gasteiger partial charge in [-0.2, -0.15) is 0 Å². The van der Waals surface area contributed by atoms with Crippen LogP contribution in [-0.4, -0.2) is 21.2 Å². The van der Waals surface area contributed by atoms with Gasteiger partial charge in [-0.1, -0.05) is 47.6 Å². The van der Waals surface area contributed by atoms with Gasteiger partial charge in [0.15, 0.2) is 5.16 Å². The summed E-state index contributed by atoms with van der Waals surface area (Å²) in [5.74, 6) is 0.104. The number of thioether (sulfide) groups is 1. The number of fused-ring (bicyclic) bond motifs is 1. The van der Waals surface area contributed by atoms with Crippen molar-refractivity contribution < 1.29 is 4.79 Å². The van der Waals surface area contributed by atoms with Crippen molar-refractivity contribution in [2.75, 3.05) is 5.75 Å². The molecular weight excluding hydrogens is 394 g/mol. The van der Waals surface area contributed by atoms with Gasteiger partial charge in [-0.25, -0.2) is 4.98 Å². The topological polar surface area (TPSA) is 64.0 Å². The van der Waals surface area contributed by atoms with Crippen LogP contribution in [0, 0.1) is 0 Å². The van der Waals surface area contributed by atoms with Gasteiger partial charge >= 0.3 is 0 Å². The van der Waals surface area contributed by atoms with Crippen LogP contribution in [0.4, 0.5) is 0 Å². The number of benzene rings is 2. The van der Waals surface area contributed by atoms with E-state index >= 15 is 0 Å². The standard InChI is InChI=1S/C21H20ClN3O2S/c1-13(14-6-8-15(22)9-7-14)23-19(26)12-28-21-24-18-5-3-2-4-17(18)20(27)25(21)16-10-11-16/h2-9,13,16H,10-12H2,1H3,(H,23,26). The number of hydrogen-bond donors (Lipinski definition) is 1. The number of hydrogen-bond acceptors (Lipinski definition) is 4. The molecule has 1 aliphatic carbocycles. The molecule has 0 radical (unpaired) electrons. The summed E-state index contributed by atoms with van der Waals surface area (Å²) in [4.78, 5) is 30.0. The van der Waals surface area contributed by atoms with Gasteiger partial charge in [0.2, 0.25) is 5.91 Å². The molecule has 1 amide bonds. The van der Waals surface area contributed by atoms with E-state index in [0.717, 1.165) is 18.4 Å². The van der Waals surface area contributed by atoms with E-state index in [2.05, 4.69) is 10.3 Å². The highest BCUT2D eigenvalue weighted by molar-refractivity contribution is 7.99. The molecule has 1 heterocycles. The lowest BCUT2D eigenvalue weighted by Gasteiger charge is -2.15. The molecule has 4 rings (SSSR count). The first-order chi connectivity index (χ1) is 13.5. The maximum Gasteiger partial charge on any atom is 0.262 e. The third kappa shape index (κ3) is 4.08. The molecule has 0 saturated heterocycles. The van der Waals surface area contributed by atoms with Crippen molar-refractivity contribution in [3.05, 3.63) is 69.5 Å². The van der Waals surface area contributed by atoms with E-state index in [4.69, 9.17) is 11.6 Å². The van der Waals surface area contributed by atoms with E-state index in [1.807, 2.05) is 49.4 Å². The highest BCUT2D eigenvalue weighted by atomic mass is 35.5. The molecule has 2 aromatic carbocycles. The molecule has 0 bridgehead atoms. The summed E-state index contributed by atoms with van der Waals surface area (Å²) in [6.45, 7) is 1.93. The van der Waals surface area contributed by atoms with E-state index in [1.165, 1.54) is 11.8 Å². The lowest BCUT2D eigenvalue weighted by Crippen LogP contribution is -2.29. The Bertz CT molecular complexity index is 1080. The number of rotatable bonds is 6. The Kier molecular flexibility index (Phi) is 5.42. The Morgan fingerprint density at radius 1 is 1.25 bits per heavy atom. The molecule has 5 nitrogen and oxygen atoms in total. The first kappa shape index (κ1) is 19.0. The molecule has 28 heavy (non-hydrogen) atoms. The minimum Gasteiger partial charge on any atom is -0.349 e. The van der Waals surface area contributed by atoms with Crippen LogP contribution >= 0.6 is 23.4 Å². The number of halogens is 1. The molecule has 0 aliphatic heterocycles. The van der Waals surface area contributed by atoms with E-state index in [0.29, 0.717) is 21.1 Å². The van der Waals surface area contributed by atoms with Crippen molar-refractivity contribution in [2.45, 2.75) is 37.0 Å². The molecule has 0 spiro atoms. The maximum absolute atomic E-state index is 12.9. The Morgan fingerprint density at radius 3 is 2.68 bits per heavy atom. The number of nitrogens with one attached hydrogen (secondary N) is 1. The second-order valence-corrected chi connectivity index (χ2v) is 8.33. The summed E-state index contributed by atoms with van der Waals surface area (Å²) >= 11 is 7.22. The van der Waals surface area contributed by atoms with Crippen LogP contribution in [0.25, 0.3) is 10.9 Å². The molecule has 7 heteroatoms. The van der Waals surface area contributed by atoms with E-state index < -0.39 is 0 Å². The average molecular weight is 414 g/mol. The Balaban J connectivity index is 1.49. The second-order valence-electron chi connectivity index (χ2n) is 6.95. The summed E-state index contributed by atoms with van der Waals surface area (Å²) in [7, 11) is 0. The molecule has 1 fully saturated rings. The number of aromatic nitrogens is 2. The maximum atomic E-state index is 12.9. The zero-order valence-corrected chi connectivity index (χ0v) is 17.0. The minimum atomic E-state index is -0.124. The average Bonchev–Trinajstić information content (AvgIpc) is 3.52. The normalized spacial score (nSPS) is 14.8. The van der Waals surface area contributed by atoms with Gasteiger partial charge in [-0.05, 0) is 49.6 Å². The fourth-order valence-electron chi connectivity index (χ4n) is 3.13. The van der Waals surface area contributed by atoms with Gasteiger partial charge < -0.3 is 5.32 Å². The van der Waals surface area contributed by atoms with Gasteiger partial charge in [-0.15, -0.1) is 0 Å². The van der Waals surface area contributed by atoms with Gasteiger partial charge in [0.25, 0.3) is 5.56 Å². The predicted molar refractivity (Wildman–Crippen MR) is 113 cm³/mol. The van der Waals surface area contributed by atoms with Gasteiger partial charge in [0, 0.05) is 11.1 Å². The largest absolute Gasteiger partial charge is 0.349 e. The number of carbonyl (C=O) groups is 1. The Morgan fingerprint density at radius 2 is 1.96 bits per heavy atom. The molecule has 1 aliphatic rings. The van der Waals surface area contributed by atoms with Crippen LogP contribution in [-0.2, 0) is 4.79 Å². The summed E-state index contributed by atoms with van der Waals surface area (Å²) < 4.78 is 1.75. The monoisotopic (exact) mass is 413 g/mol. The van der Waals surface area contributed by atoms with Gasteiger partial charge in [0.1, 0.15) is 0 Å². The van der Waals surface area contributed by atoms with Crippen molar-refractivity contribution in [2.24, 2.45) is 0 Å². The molecule has 1 unspecified atom stereocenters. The summed E-state index contributed by atoms with van der Waals surface area (Å²) in [6.07, 6.45) is 1.96. The lowest BCUT2D eigenvalue weighted by atomic mass is 10.1. The predicted octanol–water partition coefficient (Wildman–Crippen LogP) is 4.35. The highest BCUT2D eigenvalue weighted by Crippen LogP contribution is 2.36. The second kappa shape index (κ2) is 7.97. The molecular formula is C21H20ClN3O2S. The molecule has 1 saturated carbocycles. The number of amides is 1. The van der Waals surface area contributed by atoms with Crippen LogP contribution in [0.3, 0.4) is 0 Å². The summed E-state index contributed by atoms with van der Waals surface area (Å²) in [5.41, 5.74) is 1.63. The minimum absolute atomic E-state index is 0.0226. The van der Waals surface area contributed by atoms with Gasteiger partial charge in [0.05, 0.1) is 22.7 Å². The fraction of sp³-hybridized carbons (Fsp3) is 0.286. The van der Waals surface area contributed by atoms with Crippen molar-refractivity contribution in [3.8, 4) is 0 Å². The smallest absolute Gasteiger partial charge is 0.262 e. The number of carbonyl (C=O) groups excluding carboxylic acids is 1. The zero-order valence-electron chi connectivity index (χ0n) is 15.4. The van der Waals surface area contributed by atoms with Gasteiger partial charge in [-0.3, -0.25) is 14.2 Å². The molecule has 1 N–H and O–H groups in total. The van der Waals surface area contributed by atoms with Crippen LogP contribution in [0.5, 0.6) is 0 Å². The third-order valence-electron chi connectivity index (χ3n) is 4.77. The third-order valence-corrected chi connectivity index (χ3v) is 5.97. The van der Waals surface area contributed by atoms with Crippen molar-refractivity contribution >= 4 is 40.2 Å². The van der Waals surface area contributed by atoms with Crippen LogP contribution in [0.15, 0.2) is 58.5 Å². The molecule has 3 aromatic rings. The van der Waals surface area contributed by atoms with E-state index in [1.54, 1.807) is 10.6 Å². The summed E-state index contributed by atoms with van der Waals surface area (Å²) in [5, 5.41) is 4.89. The van der Waals surface area contributed by atoms with Crippen molar-refractivity contribution in [1.82, 2.24) is 14.9 Å². The first-order valence-corrected chi connectivity index (χ1v) is 10.6.